The normalized spacial score (nSPS) is 10.0. The van der Waals surface area contributed by atoms with E-state index in [1.807, 2.05) is 0 Å². The Morgan fingerprint density at radius 2 is 1.55 bits per heavy atom. The number of methoxy groups -OCH3 is 4. The predicted molar refractivity (Wildman–Crippen MR) is 78.8 cm³/mol. The van der Waals surface area contributed by atoms with Crippen LogP contribution in [0, 0.1) is 0 Å². The lowest BCUT2D eigenvalue weighted by molar-refractivity contribution is -0.117. The summed E-state index contributed by atoms with van der Waals surface area (Å²) < 4.78 is 19.9. The second-order valence-corrected chi connectivity index (χ2v) is 3.90. The van der Waals surface area contributed by atoms with Gasteiger partial charge in [0.1, 0.15) is 0 Å². The van der Waals surface area contributed by atoms with Crippen molar-refractivity contribution >= 4 is 18.1 Å². The number of ether oxygens (including phenoxy) is 4. The molecule has 1 rings (SSSR count). The monoisotopic (exact) mass is 310 g/mol. The van der Waals surface area contributed by atoms with Gasteiger partial charge in [-0.1, -0.05) is 0 Å². The van der Waals surface area contributed by atoms with Gasteiger partial charge in [0.05, 0.1) is 28.4 Å². The van der Waals surface area contributed by atoms with E-state index in [1.54, 1.807) is 12.1 Å². The molecule has 8 nitrogen and oxygen atoms in total. The van der Waals surface area contributed by atoms with Crippen molar-refractivity contribution in [2.45, 2.75) is 0 Å². The molecule has 8 heteroatoms. The van der Waals surface area contributed by atoms with Crippen LogP contribution in [-0.2, 0) is 9.53 Å². The topological polar surface area (TPSA) is 95.1 Å². The summed E-state index contributed by atoms with van der Waals surface area (Å²) in [6, 6.07) is 3.36. The van der Waals surface area contributed by atoms with Crippen LogP contribution in [0.4, 0.5) is 4.79 Å². The van der Waals surface area contributed by atoms with E-state index in [-0.39, 0.29) is 0 Å². The van der Waals surface area contributed by atoms with Crippen molar-refractivity contribution < 1.29 is 28.5 Å². The molecular formula is C14H18N2O6. The first-order valence-corrected chi connectivity index (χ1v) is 6.17. The van der Waals surface area contributed by atoms with Crippen LogP contribution in [0.5, 0.6) is 17.2 Å². The minimum Gasteiger partial charge on any atom is -0.493 e. The van der Waals surface area contributed by atoms with Crippen molar-refractivity contribution in [1.29, 1.82) is 0 Å². The molecule has 1 aromatic rings. The smallest absolute Gasteiger partial charge is 0.425 e. The fraction of sp³-hybridized carbons (Fsp3) is 0.286. The third-order valence-corrected chi connectivity index (χ3v) is 2.59. The Balaban J connectivity index is 2.86. The van der Waals surface area contributed by atoms with Gasteiger partial charge >= 0.3 is 6.09 Å². The molecule has 2 N–H and O–H groups in total. The third-order valence-electron chi connectivity index (χ3n) is 2.59. The van der Waals surface area contributed by atoms with E-state index in [1.165, 1.54) is 40.6 Å². The number of hydrogen-bond donors (Lipinski definition) is 2. The molecule has 0 fully saturated rings. The van der Waals surface area contributed by atoms with Crippen LogP contribution < -0.4 is 25.1 Å². The standard InChI is InChI=1S/C14H18N2O6/c1-19-10-7-9(8-11(20-2)13(10)21-3)5-6-12(17)15-16-14(18)22-4/h5-8H,1-4H3,(H,15,17)(H,16,18)/b6-5+. The van der Waals surface area contributed by atoms with E-state index < -0.39 is 12.0 Å². The molecule has 0 spiro atoms. The van der Waals surface area contributed by atoms with Crippen LogP contribution in [0.2, 0.25) is 0 Å². The zero-order valence-corrected chi connectivity index (χ0v) is 12.8. The summed E-state index contributed by atoms with van der Waals surface area (Å²) in [4.78, 5) is 22.3. The molecule has 22 heavy (non-hydrogen) atoms. The Morgan fingerprint density at radius 1 is 0.955 bits per heavy atom. The van der Waals surface area contributed by atoms with Gasteiger partial charge in [0.2, 0.25) is 5.75 Å². The zero-order valence-electron chi connectivity index (χ0n) is 12.8. The van der Waals surface area contributed by atoms with Crippen LogP contribution in [-0.4, -0.2) is 40.4 Å². The summed E-state index contributed by atoms with van der Waals surface area (Å²) in [6.45, 7) is 0. The van der Waals surface area contributed by atoms with E-state index >= 15 is 0 Å². The minimum atomic E-state index is -0.769. The highest BCUT2D eigenvalue weighted by atomic mass is 16.5. The highest BCUT2D eigenvalue weighted by Gasteiger charge is 2.12. The van der Waals surface area contributed by atoms with Crippen LogP contribution in [0.1, 0.15) is 5.56 Å². The summed E-state index contributed by atoms with van der Waals surface area (Å²) in [7, 11) is 5.69. The minimum absolute atomic E-state index is 0.457. The van der Waals surface area contributed by atoms with Gasteiger partial charge in [-0.3, -0.25) is 10.2 Å². The lowest BCUT2D eigenvalue weighted by Crippen LogP contribution is -2.40. The molecule has 0 aliphatic carbocycles. The van der Waals surface area contributed by atoms with Crippen molar-refractivity contribution in [3.63, 3.8) is 0 Å². The first kappa shape index (κ1) is 17.2. The van der Waals surface area contributed by atoms with Crippen LogP contribution >= 0.6 is 0 Å². The summed E-state index contributed by atoms with van der Waals surface area (Å²) in [5.41, 5.74) is 4.85. The van der Waals surface area contributed by atoms with Crippen molar-refractivity contribution in [2.24, 2.45) is 0 Å². The van der Waals surface area contributed by atoms with E-state index in [9.17, 15) is 9.59 Å². The number of hydrazine groups is 1. The Morgan fingerprint density at radius 3 is 2.00 bits per heavy atom. The molecule has 1 aromatic carbocycles. The van der Waals surface area contributed by atoms with Crippen LogP contribution in [0.25, 0.3) is 6.08 Å². The van der Waals surface area contributed by atoms with Crippen molar-refractivity contribution in [1.82, 2.24) is 10.9 Å². The number of rotatable bonds is 5. The fourth-order valence-corrected chi connectivity index (χ4v) is 1.57. The van der Waals surface area contributed by atoms with Crippen molar-refractivity contribution in [3.05, 3.63) is 23.8 Å². The molecule has 0 unspecified atom stereocenters. The van der Waals surface area contributed by atoms with Crippen molar-refractivity contribution in [3.8, 4) is 17.2 Å². The maximum Gasteiger partial charge on any atom is 0.425 e. The number of carbonyl (C=O) groups is 2. The molecule has 2 amide bonds. The molecule has 120 valence electrons. The predicted octanol–water partition coefficient (Wildman–Crippen LogP) is 1.11. The van der Waals surface area contributed by atoms with E-state index in [0.29, 0.717) is 22.8 Å². The largest absolute Gasteiger partial charge is 0.493 e. The molecule has 0 bridgehead atoms. The van der Waals surface area contributed by atoms with Crippen LogP contribution in [0.15, 0.2) is 18.2 Å². The molecular weight excluding hydrogens is 292 g/mol. The molecule has 0 aliphatic rings. The van der Waals surface area contributed by atoms with E-state index in [4.69, 9.17) is 14.2 Å². The second kappa shape index (κ2) is 8.40. The molecule has 0 aromatic heterocycles. The van der Waals surface area contributed by atoms with Crippen LogP contribution in [0.3, 0.4) is 0 Å². The quantitative estimate of drug-likeness (QED) is 0.625. The number of amides is 2. The Bertz CT molecular complexity index is 545. The first-order valence-electron chi connectivity index (χ1n) is 6.17. The highest BCUT2D eigenvalue weighted by Crippen LogP contribution is 2.38. The van der Waals surface area contributed by atoms with Gasteiger partial charge in [-0.25, -0.2) is 10.2 Å². The zero-order chi connectivity index (χ0) is 16.5. The average molecular weight is 310 g/mol. The number of benzene rings is 1. The molecule has 0 aliphatic heterocycles. The maximum absolute atomic E-state index is 11.5. The summed E-state index contributed by atoms with van der Waals surface area (Å²) in [5, 5.41) is 0. The van der Waals surface area contributed by atoms with Crippen molar-refractivity contribution in [2.75, 3.05) is 28.4 Å². The molecule has 0 saturated carbocycles. The lowest BCUT2D eigenvalue weighted by Gasteiger charge is -2.12. The second-order valence-electron chi connectivity index (χ2n) is 3.90. The Hall–Kier alpha value is -2.90. The van der Waals surface area contributed by atoms with Gasteiger partial charge in [0, 0.05) is 6.08 Å². The van der Waals surface area contributed by atoms with Gasteiger partial charge in [0.25, 0.3) is 5.91 Å². The summed E-state index contributed by atoms with van der Waals surface area (Å²) in [5.74, 6) is 0.863. The molecule has 0 heterocycles. The Labute approximate surface area is 128 Å². The highest BCUT2D eigenvalue weighted by molar-refractivity contribution is 5.92. The number of hydrogen-bond acceptors (Lipinski definition) is 6. The Kier molecular flexibility index (Phi) is 6.55. The first-order chi connectivity index (χ1) is 10.5. The average Bonchev–Trinajstić information content (AvgIpc) is 2.56. The van der Waals surface area contributed by atoms with Gasteiger partial charge in [-0.05, 0) is 23.8 Å². The van der Waals surface area contributed by atoms with Gasteiger partial charge in [-0.15, -0.1) is 0 Å². The number of carbonyl (C=O) groups excluding carboxylic acids is 2. The van der Waals surface area contributed by atoms with E-state index in [2.05, 4.69) is 15.6 Å². The van der Waals surface area contributed by atoms with Gasteiger partial charge in [0.15, 0.2) is 11.5 Å². The SMILES string of the molecule is COC(=O)NNC(=O)/C=C/c1cc(OC)c(OC)c(OC)c1. The lowest BCUT2D eigenvalue weighted by atomic mass is 10.1. The van der Waals surface area contributed by atoms with Gasteiger partial charge in [-0.2, -0.15) is 0 Å². The summed E-state index contributed by atoms with van der Waals surface area (Å²) in [6.07, 6.45) is 1.99. The molecule has 0 atom stereocenters. The van der Waals surface area contributed by atoms with Gasteiger partial charge < -0.3 is 18.9 Å². The fourth-order valence-electron chi connectivity index (χ4n) is 1.57. The molecule has 0 saturated heterocycles. The third kappa shape index (κ3) is 4.58. The summed E-state index contributed by atoms with van der Waals surface area (Å²) >= 11 is 0. The van der Waals surface area contributed by atoms with E-state index in [0.717, 1.165) is 0 Å². The number of nitrogens with one attached hydrogen (secondary N) is 2. The maximum atomic E-state index is 11.5. The molecule has 0 radical (unpaired) electrons.